The second kappa shape index (κ2) is 3.58. The molecule has 1 unspecified atom stereocenters. The van der Waals surface area contributed by atoms with Crippen molar-refractivity contribution in [2.24, 2.45) is 5.92 Å². The molecule has 0 aromatic heterocycles. The Bertz CT molecular complexity index is 101. The van der Waals surface area contributed by atoms with Gasteiger partial charge in [0.1, 0.15) is 6.54 Å². The molecular formula is C6H14NO2+. The molecule has 0 aliphatic rings. The zero-order chi connectivity index (χ0) is 7.44. The number of hydrogen-bond acceptors (Lipinski definition) is 2. The first-order valence-corrected chi connectivity index (χ1v) is 3.10. The van der Waals surface area contributed by atoms with Gasteiger partial charge in [0.05, 0.1) is 0 Å². The van der Waals surface area contributed by atoms with Crippen LogP contribution in [0.3, 0.4) is 0 Å². The summed E-state index contributed by atoms with van der Waals surface area (Å²) in [6.07, 6.45) is -0.856. The van der Waals surface area contributed by atoms with Crippen LogP contribution in [0.25, 0.3) is 0 Å². The SMILES string of the molecule is CC(C)C(=O)C(O)C[NH3+]. The summed E-state index contributed by atoms with van der Waals surface area (Å²) < 4.78 is 0. The highest BCUT2D eigenvalue weighted by Crippen LogP contribution is 1.96. The Morgan fingerprint density at radius 1 is 1.67 bits per heavy atom. The van der Waals surface area contributed by atoms with Gasteiger partial charge in [0.25, 0.3) is 0 Å². The Morgan fingerprint density at radius 2 is 2.11 bits per heavy atom. The van der Waals surface area contributed by atoms with Crippen molar-refractivity contribution in [1.82, 2.24) is 0 Å². The van der Waals surface area contributed by atoms with Gasteiger partial charge in [0, 0.05) is 5.92 Å². The molecule has 1 atom stereocenters. The molecule has 0 amide bonds. The van der Waals surface area contributed by atoms with Crippen molar-refractivity contribution in [1.29, 1.82) is 0 Å². The molecule has 0 aromatic rings. The maximum Gasteiger partial charge on any atom is 0.169 e. The predicted molar refractivity (Wildman–Crippen MR) is 33.6 cm³/mol. The van der Waals surface area contributed by atoms with E-state index in [1.165, 1.54) is 0 Å². The molecule has 0 spiro atoms. The molecule has 3 heteroatoms. The summed E-state index contributed by atoms with van der Waals surface area (Å²) in [7, 11) is 0. The largest absolute Gasteiger partial charge is 0.380 e. The topological polar surface area (TPSA) is 64.9 Å². The van der Waals surface area contributed by atoms with Gasteiger partial charge < -0.3 is 10.8 Å². The number of rotatable bonds is 3. The van der Waals surface area contributed by atoms with Crippen LogP contribution in [-0.2, 0) is 4.79 Å². The van der Waals surface area contributed by atoms with Crippen molar-refractivity contribution in [3.63, 3.8) is 0 Å². The summed E-state index contributed by atoms with van der Waals surface area (Å²) in [5.74, 6) is -0.202. The van der Waals surface area contributed by atoms with E-state index in [0.717, 1.165) is 0 Å². The Morgan fingerprint density at radius 3 is 2.22 bits per heavy atom. The van der Waals surface area contributed by atoms with E-state index in [4.69, 9.17) is 5.11 Å². The summed E-state index contributed by atoms with van der Waals surface area (Å²) in [5.41, 5.74) is 3.42. The lowest BCUT2D eigenvalue weighted by Gasteiger charge is -2.06. The number of ketones is 1. The van der Waals surface area contributed by atoms with E-state index in [-0.39, 0.29) is 18.2 Å². The molecule has 9 heavy (non-hydrogen) atoms. The molecule has 0 bridgehead atoms. The molecule has 3 nitrogen and oxygen atoms in total. The average Bonchev–Trinajstić information content (AvgIpc) is 1.84. The quantitative estimate of drug-likeness (QED) is 0.507. The molecule has 4 N–H and O–H groups in total. The third kappa shape index (κ3) is 2.58. The van der Waals surface area contributed by atoms with Gasteiger partial charge in [0.15, 0.2) is 11.9 Å². The molecule has 0 fully saturated rings. The fraction of sp³-hybridized carbons (Fsp3) is 0.833. The van der Waals surface area contributed by atoms with Crippen LogP contribution in [-0.4, -0.2) is 23.5 Å². The average molecular weight is 132 g/mol. The zero-order valence-corrected chi connectivity index (χ0v) is 5.92. The molecule has 0 aliphatic heterocycles. The molecule has 0 saturated carbocycles. The van der Waals surface area contributed by atoms with Crippen LogP contribution in [0.2, 0.25) is 0 Å². The van der Waals surface area contributed by atoms with E-state index in [1.54, 1.807) is 13.8 Å². The smallest absolute Gasteiger partial charge is 0.169 e. The van der Waals surface area contributed by atoms with E-state index < -0.39 is 6.10 Å². The lowest BCUT2D eigenvalue weighted by molar-refractivity contribution is -0.380. The Labute approximate surface area is 54.9 Å². The highest BCUT2D eigenvalue weighted by Gasteiger charge is 2.17. The van der Waals surface area contributed by atoms with Crippen LogP contribution in [0.15, 0.2) is 0 Å². The van der Waals surface area contributed by atoms with E-state index in [9.17, 15) is 4.79 Å². The molecule has 0 saturated heterocycles. The number of aliphatic hydroxyl groups excluding tert-OH is 1. The molecule has 0 aromatic carbocycles. The van der Waals surface area contributed by atoms with E-state index in [2.05, 4.69) is 5.73 Å². The second-order valence-electron chi connectivity index (χ2n) is 2.36. The van der Waals surface area contributed by atoms with Gasteiger partial charge in [-0.1, -0.05) is 13.8 Å². The maximum atomic E-state index is 10.8. The first kappa shape index (κ1) is 8.59. The van der Waals surface area contributed by atoms with Crippen LogP contribution in [0.1, 0.15) is 13.8 Å². The third-order valence-corrected chi connectivity index (χ3v) is 1.17. The highest BCUT2D eigenvalue weighted by atomic mass is 16.3. The molecular weight excluding hydrogens is 118 g/mol. The summed E-state index contributed by atoms with van der Waals surface area (Å²) in [4.78, 5) is 10.8. The first-order chi connectivity index (χ1) is 4.09. The Balaban J connectivity index is 3.73. The van der Waals surface area contributed by atoms with Crippen LogP contribution >= 0.6 is 0 Å². The van der Waals surface area contributed by atoms with Crippen LogP contribution in [0.5, 0.6) is 0 Å². The van der Waals surface area contributed by atoms with Crippen LogP contribution in [0, 0.1) is 5.92 Å². The van der Waals surface area contributed by atoms with Gasteiger partial charge >= 0.3 is 0 Å². The number of carbonyl (C=O) groups excluding carboxylic acids is 1. The van der Waals surface area contributed by atoms with Gasteiger partial charge in [-0.3, -0.25) is 4.79 Å². The Kier molecular flexibility index (Phi) is 3.42. The number of carbonyl (C=O) groups is 1. The standard InChI is InChI=1S/C6H13NO2/c1-4(2)6(9)5(8)3-7/h4-5,8H,3,7H2,1-2H3/p+1. The highest BCUT2D eigenvalue weighted by molar-refractivity contribution is 5.84. The molecule has 0 rings (SSSR count). The molecule has 0 heterocycles. The van der Waals surface area contributed by atoms with Gasteiger partial charge in [0.2, 0.25) is 0 Å². The lowest BCUT2D eigenvalue weighted by atomic mass is 10.0. The summed E-state index contributed by atoms with van der Waals surface area (Å²) in [5, 5.41) is 8.88. The van der Waals surface area contributed by atoms with Gasteiger partial charge in [-0.15, -0.1) is 0 Å². The summed E-state index contributed by atoms with van der Waals surface area (Å²) in [6, 6.07) is 0. The maximum absolute atomic E-state index is 10.8. The fourth-order valence-corrected chi connectivity index (χ4v) is 0.527. The van der Waals surface area contributed by atoms with Gasteiger partial charge in [-0.25, -0.2) is 0 Å². The number of aliphatic hydroxyl groups is 1. The third-order valence-electron chi connectivity index (χ3n) is 1.17. The molecule has 54 valence electrons. The van der Waals surface area contributed by atoms with E-state index in [1.807, 2.05) is 0 Å². The molecule has 0 radical (unpaired) electrons. The van der Waals surface area contributed by atoms with Crippen molar-refractivity contribution in [3.05, 3.63) is 0 Å². The van der Waals surface area contributed by atoms with E-state index in [0.29, 0.717) is 0 Å². The number of hydrogen-bond donors (Lipinski definition) is 2. The van der Waals surface area contributed by atoms with Crippen molar-refractivity contribution >= 4 is 5.78 Å². The van der Waals surface area contributed by atoms with Gasteiger partial charge in [-0.05, 0) is 0 Å². The van der Waals surface area contributed by atoms with Crippen molar-refractivity contribution in [2.75, 3.05) is 6.54 Å². The number of quaternary nitrogens is 1. The monoisotopic (exact) mass is 132 g/mol. The molecule has 0 aliphatic carbocycles. The van der Waals surface area contributed by atoms with Crippen LogP contribution in [0.4, 0.5) is 0 Å². The zero-order valence-electron chi connectivity index (χ0n) is 5.92. The normalized spacial score (nSPS) is 13.9. The van der Waals surface area contributed by atoms with Crippen molar-refractivity contribution in [2.45, 2.75) is 20.0 Å². The van der Waals surface area contributed by atoms with E-state index >= 15 is 0 Å². The van der Waals surface area contributed by atoms with Gasteiger partial charge in [-0.2, -0.15) is 0 Å². The fourth-order valence-electron chi connectivity index (χ4n) is 0.527. The lowest BCUT2D eigenvalue weighted by Crippen LogP contribution is -2.58. The minimum Gasteiger partial charge on any atom is -0.380 e. The summed E-state index contributed by atoms with van der Waals surface area (Å²) >= 11 is 0. The van der Waals surface area contributed by atoms with Crippen molar-refractivity contribution in [3.8, 4) is 0 Å². The second-order valence-corrected chi connectivity index (χ2v) is 2.36. The van der Waals surface area contributed by atoms with Crippen LogP contribution < -0.4 is 5.73 Å². The first-order valence-electron chi connectivity index (χ1n) is 3.10. The summed E-state index contributed by atoms with van der Waals surface area (Å²) in [6.45, 7) is 3.80. The minimum atomic E-state index is -0.856. The predicted octanol–water partition coefficient (Wildman–Crippen LogP) is -1.19. The van der Waals surface area contributed by atoms with Crippen molar-refractivity contribution < 1.29 is 15.6 Å². The number of Topliss-reactive ketones (excluding diaryl/α,β-unsaturated/α-hetero) is 1. The minimum absolute atomic E-state index is 0.0817. The Hall–Kier alpha value is -0.410.